The molecule has 5 rings (SSSR count). The number of nitrogens with zero attached hydrogens (tertiary/aromatic N) is 7. The summed E-state index contributed by atoms with van der Waals surface area (Å²) in [6.07, 6.45) is -8.02. The first kappa shape index (κ1) is 34.8. The number of hydrogen-bond donors (Lipinski definition) is 2. The van der Waals surface area contributed by atoms with Crippen LogP contribution in [-0.2, 0) is 10.9 Å². The van der Waals surface area contributed by atoms with E-state index in [9.17, 15) is 35.9 Å². The molecule has 2 N–H and O–H groups in total. The Morgan fingerprint density at radius 1 is 0.979 bits per heavy atom. The van der Waals surface area contributed by atoms with Crippen molar-refractivity contribution in [2.24, 2.45) is 0 Å². The van der Waals surface area contributed by atoms with E-state index in [4.69, 9.17) is 4.74 Å². The number of carbonyl (C=O) groups is 2. The number of rotatable bonds is 10. The second-order valence-corrected chi connectivity index (χ2v) is 11.2. The number of carbonyl (C=O) groups excluding carboxylic acids is 2. The first-order valence-electron chi connectivity index (χ1n) is 15.0. The van der Waals surface area contributed by atoms with Gasteiger partial charge in [-0.2, -0.15) is 13.2 Å². The number of amides is 2. The molecule has 1 aromatic carbocycles. The van der Waals surface area contributed by atoms with Gasteiger partial charge in [-0.25, -0.2) is 9.67 Å². The highest BCUT2D eigenvalue weighted by atomic mass is 19.4. The molecular formula is C29H33F6N9O4. The third-order valence-corrected chi connectivity index (χ3v) is 7.75. The lowest BCUT2D eigenvalue weighted by molar-refractivity contribution is -0.276. The Morgan fingerprint density at radius 3 is 2.40 bits per heavy atom. The summed E-state index contributed by atoms with van der Waals surface area (Å²) in [4.78, 5) is 35.5. The summed E-state index contributed by atoms with van der Waals surface area (Å²) < 4.78 is 89.7. The average molecular weight is 686 g/mol. The van der Waals surface area contributed by atoms with Crippen molar-refractivity contribution in [2.45, 2.75) is 19.0 Å². The molecule has 0 bridgehead atoms. The van der Waals surface area contributed by atoms with Gasteiger partial charge in [0.15, 0.2) is 5.69 Å². The predicted molar refractivity (Wildman–Crippen MR) is 159 cm³/mol. The number of anilines is 2. The zero-order chi connectivity index (χ0) is 34.5. The van der Waals surface area contributed by atoms with Crippen LogP contribution in [0.15, 0.2) is 36.7 Å². The number of ether oxygens (including phenoxy) is 2. The number of morpholine rings is 1. The van der Waals surface area contributed by atoms with Crippen molar-refractivity contribution in [3.05, 3.63) is 53.5 Å². The van der Waals surface area contributed by atoms with Crippen molar-refractivity contribution in [2.75, 3.05) is 82.8 Å². The van der Waals surface area contributed by atoms with E-state index in [1.54, 1.807) is 12.1 Å². The van der Waals surface area contributed by atoms with Gasteiger partial charge in [0.1, 0.15) is 0 Å². The van der Waals surface area contributed by atoms with Crippen molar-refractivity contribution in [1.29, 1.82) is 0 Å². The van der Waals surface area contributed by atoms with Crippen LogP contribution >= 0.6 is 0 Å². The number of halogens is 6. The molecule has 0 unspecified atom stereocenters. The standard InChI is InChI=1S/C29H33F6N9O4/c1-41-7-9-43(10-8-41)24-4-3-19(44-18-23(39-40-44)27(46)36-5-2-6-42-11-13-47-14-12-42)15-22(24)38-26(45)20-17-37-25(48-29(33,34)35)16-21(20)28(30,31)32/h3-4,15-18H,2,5-14H2,1H3,(H,36,46)(H,38,45). The van der Waals surface area contributed by atoms with Crippen LogP contribution in [0, 0.1) is 0 Å². The van der Waals surface area contributed by atoms with Crippen LogP contribution in [0.5, 0.6) is 5.88 Å². The minimum Gasteiger partial charge on any atom is -0.388 e. The Morgan fingerprint density at radius 2 is 1.71 bits per heavy atom. The predicted octanol–water partition coefficient (Wildman–Crippen LogP) is 3.04. The molecular weight excluding hydrogens is 652 g/mol. The van der Waals surface area contributed by atoms with Gasteiger partial charge >= 0.3 is 12.5 Å². The Bertz CT molecular complexity index is 1590. The summed E-state index contributed by atoms with van der Waals surface area (Å²) in [5.41, 5.74) is -1.75. The van der Waals surface area contributed by atoms with Crippen LogP contribution in [0.1, 0.15) is 32.8 Å². The van der Waals surface area contributed by atoms with Crippen LogP contribution in [0.2, 0.25) is 0 Å². The molecule has 260 valence electrons. The van der Waals surface area contributed by atoms with Crippen LogP contribution < -0.4 is 20.3 Å². The zero-order valence-corrected chi connectivity index (χ0v) is 25.8. The highest BCUT2D eigenvalue weighted by molar-refractivity contribution is 6.07. The van der Waals surface area contributed by atoms with Gasteiger partial charge in [-0.3, -0.25) is 14.5 Å². The van der Waals surface area contributed by atoms with Gasteiger partial charge in [0.2, 0.25) is 5.88 Å². The number of likely N-dealkylation sites (N-methyl/N-ethyl adjacent to an activating group) is 1. The smallest absolute Gasteiger partial charge is 0.388 e. The number of nitrogens with one attached hydrogen (secondary N) is 2. The molecule has 0 spiro atoms. The van der Waals surface area contributed by atoms with E-state index in [1.807, 2.05) is 11.9 Å². The molecule has 2 aliphatic heterocycles. The summed E-state index contributed by atoms with van der Waals surface area (Å²) in [6, 6.07) is 4.76. The topological polar surface area (TPSA) is 130 Å². The maximum atomic E-state index is 13.9. The number of pyridine rings is 1. The largest absolute Gasteiger partial charge is 0.574 e. The zero-order valence-electron chi connectivity index (χ0n) is 25.8. The number of piperazine rings is 1. The highest BCUT2D eigenvalue weighted by Gasteiger charge is 2.38. The van der Waals surface area contributed by atoms with Crippen molar-refractivity contribution in [1.82, 2.24) is 35.1 Å². The molecule has 48 heavy (non-hydrogen) atoms. The molecule has 0 saturated carbocycles. The first-order valence-corrected chi connectivity index (χ1v) is 15.0. The highest BCUT2D eigenvalue weighted by Crippen LogP contribution is 2.36. The quantitative estimate of drug-likeness (QED) is 0.243. The molecule has 0 aliphatic carbocycles. The van der Waals surface area contributed by atoms with Gasteiger partial charge in [-0.15, -0.1) is 18.3 Å². The van der Waals surface area contributed by atoms with Gasteiger partial charge in [-0.1, -0.05) is 5.21 Å². The van der Waals surface area contributed by atoms with E-state index in [1.165, 1.54) is 16.9 Å². The van der Waals surface area contributed by atoms with Gasteiger partial charge in [0.25, 0.3) is 11.8 Å². The molecule has 2 amide bonds. The fraction of sp³-hybridized carbons (Fsp3) is 0.483. The summed E-state index contributed by atoms with van der Waals surface area (Å²) >= 11 is 0. The first-order chi connectivity index (χ1) is 22.8. The minimum absolute atomic E-state index is 0.0187. The summed E-state index contributed by atoms with van der Waals surface area (Å²) in [5.74, 6) is -3.08. The fourth-order valence-electron chi connectivity index (χ4n) is 5.22. The second kappa shape index (κ2) is 14.7. The van der Waals surface area contributed by atoms with E-state index >= 15 is 0 Å². The molecule has 0 radical (unpaired) electrons. The number of benzene rings is 1. The maximum absolute atomic E-state index is 13.9. The van der Waals surface area contributed by atoms with Crippen LogP contribution in [0.25, 0.3) is 5.69 Å². The molecule has 13 nitrogen and oxygen atoms in total. The molecule has 2 aliphatic rings. The summed E-state index contributed by atoms with van der Waals surface area (Å²) in [7, 11) is 1.93. The molecule has 2 saturated heterocycles. The van der Waals surface area contributed by atoms with Gasteiger partial charge in [0, 0.05) is 58.1 Å². The van der Waals surface area contributed by atoms with Crippen molar-refractivity contribution in [3.63, 3.8) is 0 Å². The fourth-order valence-corrected chi connectivity index (χ4v) is 5.22. The van der Waals surface area contributed by atoms with Crippen LogP contribution in [-0.4, -0.2) is 121 Å². The molecule has 2 aromatic heterocycles. The Labute approximate surface area is 270 Å². The lowest BCUT2D eigenvalue weighted by Crippen LogP contribution is -2.44. The molecule has 19 heteroatoms. The lowest BCUT2D eigenvalue weighted by atomic mass is 10.1. The minimum atomic E-state index is -5.29. The Kier molecular flexibility index (Phi) is 10.7. The number of alkyl halides is 6. The summed E-state index contributed by atoms with van der Waals surface area (Å²) in [6.45, 7) is 6.66. The third-order valence-electron chi connectivity index (χ3n) is 7.75. The Hall–Kier alpha value is -4.49. The molecule has 4 heterocycles. The van der Waals surface area contributed by atoms with Crippen molar-refractivity contribution >= 4 is 23.2 Å². The normalized spacial score (nSPS) is 16.5. The Balaban J connectivity index is 1.36. The SMILES string of the molecule is CN1CCN(c2ccc(-n3cc(C(=O)NCCCN4CCOCC4)nn3)cc2NC(=O)c2cnc(OC(F)(F)F)cc2C(F)(F)F)CC1. The third kappa shape index (κ3) is 9.10. The van der Waals surface area contributed by atoms with E-state index in [0.717, 1.165) is 26.1 Å². The van der Waals surface area contributed by atoms with Crippen molar-refractivity contribution < 1.29 is 45.4 Å². The second-order valence-electron chi connectivity index (χ2n) is 11.2. The van der Waals surface area contributed by atoms with E-state index in [2.05, 4.69) is 40.5 Å². The number of aromatic nitrogens is 4. The van der Waals surface area contributed by atoms with Crippen LogP contribution in [0.3, 0.4) is 0 Å². The van der Waals surface area contributed by atoms with E-state index in [0.29, 0.717) is 63.5 Å². The van der Waals surface area contributed by atoms with Gasteiger partial charge in [-0.05, 0) is 38.2 Å². The van der Waals surface area contributed by atoms with Gasteiger partial charge < -0.3 is 29.9 Å². The van der Waals surface area contributed by atoms with Crippen molar-refractivity contribution in [3.8, 4) is 11.6 Å². The van der Waals surface area contributed by atoms with E-state index < -0.39 is 41.4 Å². The molecule has 0 atom stereocenters. The molecule has 2 fully saturated rings. The van der Waals surface area contributed by atoms with Crippen LogP contribution in [0.4, 0.5) is 37.7 Å². The molecule has 3 aromatic rings. The lowest BCUT2D eigenvalue weighted by Gasteiger charge is -2.35. The monoisotopic (exact) mass is 685 g/mol. The van der Waals surface area contributed by atoms with Gasteiger partial charge in [0.05, 0.1) is 47.6 Å². The summed E-state index contributed by atoms with van der Waals surface area (Å²) in [5, 5.41) is 13.2. The maximum Gasteiger partial charge on any atom is 0.574 e. The average Bonchev–Trinajstić information content (AvgIpc) is 3.54. The number of hydrogen-bond acceptors (Lipinski definition) is 10. The van der Waals surface area contributed by atoms with E-state index in [-0.39, 0.29) is 17.4 Å².